The molecule has 4 rings (SSSR count). The summed E-state index contributed by atoms with van der Waals surface area (Å²) < 4.78 is 0. The Morgan fingerprint density at radius 3 is 3.07 bits per heavy atom. The molecule has 0 aliphatic carbocycles. The van der Waals surface area contributed by atoms with E-state index in [4.69, 9.17) is 5.73 Å². The fourth-order valence-electron chi connectivity index (χ4n) is 3.46. The van der Waals surface area contributed by atoms with Gasteiger partial charge in [0.1, 0.15) is 17.3 Å². The van der Waals surface area contributed by atoms with Gasteiger partial charge in [0.05, 0.1) is 17.2 Å². The van der Waals surface area contributed by atoms with Gasteiger partial charge in [0, 0.05) is 42.5 Å². The molecule has 1 aliphatic heterocycles. The lowest BCUT2D eigenvalue weighted by Gasteiger charge is -2.23. The van der Waals surface area contributed by atoms with Crippen LogP contribution in [0.25, 0.3) is 11.3 Å². The predicted molar refractivity (Wildman–Crippen MR) is 109 cm³/mol. The third-order valence-electron chi connectivity index (χ3n) is 5.02. The summed E-state index contributed by atoms with van der Waals surface area (Å²) in [5.74, 6) is 1.19. The van der Waals surface area contributed by atoms with Crippen LogP contribution in [0.15, 0.2) is 29.9 Å². The zero-order valence-electron chi connectivity index (χ0n) is 15.9. The van der Waals surface area contributed by atoms with Gasteiger partial charge in [0.15, 0.2) is 0 Å². The molecule has 8 nitrogen and oxygen atoms in total. The quantitative estimate of drug-likeness (QED) is 0.684. The number of nitrogens with one attached hydrogen (secondary N) is 1. The number of anilines is 1. The van der Waals surface area contributed by atoms with Crippen molar-refractivity contribution in [1.82, 2.24) is 29.7 Å². The molecule has 1 saturated heterocycles. The molecular formula is C19H23N7OS. The van der Waals surface area contributed by atoms with Gasteiger partial charge in [-0.25, -0.2) is 15.0 Å². The molecule has 3 N–H and O–H groups in total. The number of likely N-dealkylation sites (N-methyl/N-ethyl adjacent to an activating group) is 1. The van der Waals surface area contributed by atoms with Gasteiger partial charge in [-0.2, -0.15) is 0 Å². The van der Waals surface area contributed by atoms with E-state index in [1.54, 1.807) is 23.6 Å². The fourth-order valence-corrected chi connectivity index (χ4v) is 4.08. The third-order valence-corrected chi connectivity index (χ3v) is 5.79. The molecule has 3 aromatic heterocycles. The molecule has 1 amide bonds. The van der Waals surface area contributed by atoms with Gasteiger partial charge in [-0.1, -0.05) is 0 Å². The van der Waals surface area contributed by atoms with E-state index in [0.29, 0.717) is 30.4 Å². The Bertz CT molecular complexity index is 982. The normalized spacial score (nSPS) is 16.8. The molecule has 4 heterocycles. The van der Waals surface area contributed by atoms with E-state index in [-0.39, 0.29) is 11.9 Å². The topological polar surface area (TPSA) is 104 Å². The minimum atomic E-state index is 0.0225. The van der Waals surface area contributed by atoms with Crippen LogP contribution in [0.4, 0.5) is 5.82 Å². The number of amides is 1. The number of nitrogen functional groups attached to an aromatic ring is 1. The second-order valence-corrected chi connectivity index (χ2v) is 8.12. The van der Waals surface area contributed by atoms with Crippen LogP contribution < -0.4 is 5.73 Å². The maximum absolute atomic E-state index is 12.9. The zero-order chi connectivity index (χ0) is 19.7. The van der Waals surface area contributed by atoms with Crippen molar-refractivity contribution in [3.63, 3.8) is 0 Å². The third kappa shape index (κ3) is 3.90. The number of H-pyrrole nitrogens is 1. The minimum absolute atomic E-state index is 0.0225. The molecule has 28 heavy (non-hydrogen) atoms. The van der Waals surface area contributed by atoms with Gasteiger partial charge in [0.25, 0.3) is 5.91 Å². The molecule has 0 aromatic carbocycles. The van der Waals surface area contributed by atoms with E-state index < -0.39 is 0 Å². The highest BCUT2D eigenvalue weighted by Gasteiger charge is 2.30. The highest BCUT2D eigenvalue weighted by atomic mass is 32.1. The Labute approximate surface area is 167 Å². The summed E-state index contributed by atoms with van der Waals surface area (Å²) in [7, 11) is 2.03. The molecule has 1 atom stereocenters. The van der Waals surface area contributed by atoms with Crippen molar-refractivity contribution in [2.24, 2.45) is 0 Å². The number of aryl methyl sites for hydroxylation is 1. The van der Waals surface area contributed by atoms with Crippen LogP contribution >= 0.6 is 11.3 Å². The lowest BCUT2D eigenvalue weighted by atomic mass is 10.2. The standard InChI is InChI=1S/C19H23N7OS/c1-12-23-16(11-28-12)13-7-15(22-8-13)19(27)26-6-4-14(9-26)25(2)10-18-21-5-3-17(20)24-18/h3,5,7-8,11,14,22H,4,6,9-10H2,1-2H3,(H2,20,21,24)/t14-/m1/s1. The number of nitrogens with two attached hydrogens (primary N) is 1. The second kappa shape index (κ2) is 7.69. The molecule has 0 spiro atoms. The number of aromatic nitrogens is 4. The van der Waals surface area contributed by atoms with E-state index in [2.05, 4.69) is 24.8 Å². The van der Waals surface area contributed by atoms with Crippen molar-refractivity contribution >= 4 is 23.1 Å². The first kappa shape index (κ1) is 18.6. The second-order valence-electron chi connectivity index (χ2n) is 7.06. The smallest absolute Gasteiger partial charge is 0.270 e. The summed E-state index contributed by atoms with van der Waals surface area (Å²) in [6.45, 7) is 3.99. The SMILES string of the molecule is Cc1nc(-c2c[nH]c(C(=O)N3CC[C@@H](N(C)Cc4nccc(N)n4)C3)c2)cs1. The number of carbonyl (C=O) groups is 1. The molecule has 1 fully saturated rings. The first-order valence-corrected chi connectivity index (χ1v) is 10.1. The molecular weight excluding hydrogens is 374 g/mol. The van der Waals surface area contributed by atoms with E-state index >= 15 is 0 Å². The Balaban J connectivity index is 1.38. The minimum Gasteiger partial charge on any atom is -0.384 e. The number of carbonyl (C=O) groups excluding carboxylic acids is 1. The summed E-state index contributed by atoms with van der Waals surface area (Å²) in [4.78, 5) is 33.1. The van der Waals surface area contributed by atoms with Gasteiger partial charge < -0.3 is 15.6 Å². The van der Waals surface area contributed by atoms with Crippen LogP contribution in [0.1, 0.15) is 27.7 Å². The van der Waals surface area contributed by atoms with Crippen LogP contribution in [0, 0.1) is 6.92 Å². The lowest BCUT2D eigenvalue weighted by molar-refractivity contribution is 0.0774. The average molecular weight is 398 g/mol. The summed E-state index contributed by atoms with van der Waals surface area (Å²) in [5, 5.41) is 3.02. The van der Waals surface area contributed by atoms with Gasteiger partial charge in [-0.05, 0) is 32.5 Å². The maximum atomic E-state index is 12.9. The zero-order valence-corrected chi connectivity index (χ0v) is 16.7. The molecule has 0 radical (unpaired) electrons. The van der Waals surface area contributed by atoms with Crippen molar-refractivity contribution in [3.05, 3.63) is 46.4 Å². The molecule has 3 aromatic rings. The number of hydrogen-bond acceptors (Lipinski definition) is 7. The van der Waals surface area contributed by atoms with E-state index in [1.165, 1.54) is 0 Å². The van der Waals surface area contributed by atoms with Gasteiger partial charge in [-0.15, -0.1) is 11.3 Å². The molecule has 1 aliphatic rings. The molecule has 146 valence electrons. The van der Waals surface area contributed by atoms with E-state index in [1.807, 2.05) is 36.5 Å². The first-order chi connectivity index (χ1) is 13.5. The maximum Gasteiger partial charge on any atom is 0.270 e. The highest BCUT2D eigenvalue weighted by molar-refractivity contribution is 7.09. The largest absolute Gasteiger partial charge is 0.384 e. The Hall–Kier alpha value is -2.78. The predicted octanol–water partition coefficient (Wildman–Crippen LogP) is 2.17. The number of likely N-dealkylation sites (tertiary alicyclic amines) is 1. The van der Waals surface area contributed by atoms with E-state index in [9.17, 15) is 4.79 Å². The number of aromatic amines is 1. The summed E-state index contributed by atoms with van der Waals surface area (Å²) >= 11 is 1.60. The molecule has 0 saturated carbocycles. The fraction of sp³-hybridized carbons (Fsp3) is 0.368. The van der Waals surface area contributed by atoms with Crippen LogP contribution in [0.2, 0.25) is 0 Å². The first-order valence-electron chi connectivity index (χ1n) is 9.17. The monoisotopic (exact) mass is 397 g/mol. The van der Waals surface area contributed by atoms with Gasteiger partial charge in [-0.3, -0.25) is 9.69 Å². The van der Waals surface area contributed by atoms with Crippen LogP contribution in [-0.4, -0.2) is 61.8 Å². The van der Waals surface area contributed by atoms with Crippen LogP contribution in [0.3, 0.4) is 0 Å². The van der Waals surface area contributed by atoms with Crippen molar-refractivity contribution < 1.29 is 4.79 Å². The Morgan fingerprint density at radius 2 is 2.32 bits per heavy atom. The van der Waals surface area contributed by atoms with Crippen molar-refractivity contribution in [2.45, 2.75) is 25.9 Å². The lowest BCUT2D eigenvalue weighted by Crippen LogP contribution is -2.36. The van der Waals surface area contributed by atoms with Crippen molar-refractivity contribution in [1.29, 1.82) is 0 Å². The summed E-state index contributed by atoms with van der Waals surface area (Å²) in [6.07, 6.45) is 4.44. The Morgan fingerprint density at radius 1 is 1.46 bits per heavy atom. The molecule has 0 bridgehead atoms. The van der Waals surface area contributed by atoms with Crippen LogP contribution in [0.5, 0.6) is 0 Å². The summed E-state index contributed by atoms with van der Waals surface area (Å²) in [6, 6.07) is 3.83. The average Bonchev–Trinajstić information content (AvgIpc) is 3.41. The van der Waals surface area contributed by atoms with Crippen molar-refractivity contribution in [3.8, 4) is 11.3 Å². The van der Waals surface area contributed by atoms with Crippen LogP contribution in [-0.2, 0) is 6.54 Å². The number of nitrogens with zero attached hydrogens (tertiary/aromatic N) is 5. The summed E-state index contributed by atoms with van der Waals surface area (Å²) in [5.41, 5.74) is 8.18. The molecule has 9 heteroatoms. The Kier molecular flexibility index (Phi) is 5.10. The number of rotatable bonds is 5. The van der Waals surface area contributed by atoms with Gasteiger partial charge >= 0.3 is 0 Å². The molecule has 0 unspecified atom stereocenters. The number of thiazole rings is 1. The van der Waals surface area contributed by atoms with Crippen molar-refractivity contribution in [2.75, 3.05) is 25.9 Å². The van der Waals surface area contributed by atoms with E-state index in [0.717, 1.165) is 29.2 Å². The van der Waals surface area contributed by atoms with Gasteiger partial charge in [0.2, 0.25) is 0 Å². The highest BCUT2D eigenvalue weighted by Crippen LogP contribution is 2.24. The number of hydrogen-bond donors (Lipinski definition) is 2.